The Labute approximate surface area is 159 Å². The number of carbonyl (C=O) groups excluding carboxylic acids is 2. The molecule has 1 N–H and O–H groups in total. The highest BCUT2D eigenvalue weighted by molar-refractivity contribution is 6.03. The molecule has 0 radical (unpaired) electrons. The average Bonchev–Trinajstić information content (AvgIpc) is 2.73. The second-order valence-electron chi connectivity index (χ2n) is 6.67. The van der Waals surface area contributed by atoms with Gasteiger partial charge in [0, 0.05) is 30.2 Å². The van der Waals surface area contributed by atoms with Crippen molar-refractivity contribution in [2.45, 2.75) is 38.6 Å². The summed E-state index contributed by atoms with van der Waals surface area (Å²) in [5.41, 5.74) is 2.46. The second-order valence-corrected chi connectivity index (χ2v) is 6.67. The van der Waals surface area contributed by atoms with Gasteiger partial charge in [-0.05, 0) is 62.1 Å². The summed E-state index contributed by atoms with van der Waals surface area (Å²) < 4.78 is 4.67. The molecule has 1 amide bonds. The van der Waals surface area contributed by atoms with Crippen LogP contribution in [0.25, 0.3) is 0 Å². The predicted octanol–water partition coefficient (Wildman–Crippen LogP) is 3.89. The Bertz CT molecular complexity index is 805. The van der Waals surface area contributed by atoms with Crippen molar-refractivity contribution >= 4 is 23.3 Å². The molecule has 1 aliphatic heterocycles. The highest BCUT2D eigenvalue weighted by Crippen LogP contribution is 2.26. The first-order chi connectivity index (χ1) is 13.1. The smallest absolute Gasteiger partial charge is 0.337 e. The molecule has 1 unspecified atom stereocenters. The molecule has 1 aromatic carbocycles. The van der Waals surface area contributed by atoms with Gasteiger partial charge in [0.2, 0.25) is 0 Å². The summed E-state index contributed by atoms with van der Waals surface area (Å²) in [5, 5.41) is 2.83. The largest absolute Gasteiger partial charge is 0.465 e. The van der Waals surface area contributed by atoms with E-state index in [1.54, 1.807) is 30.5 Å². The molecule has 142 valence electrons. The molecule has 1 atom stereocenters. The molecule has 1 saturated heterocycles. The molecule has 27 heavy (non-hydrogen) atoms. The number of aromatic nitrogens is 1. The van der Waals surface area contributed by atoms with Gasteiger partial charge in [-0.25, -0.2) is 4.79 Å². The van der Waals surface area contributed by atoms with E-state index in [2.05, 4.69) is 26.9 Å². The van der Waals surface area contributed by atoms with Crippen LogP contribution in [0.15, 0.2) is 42.6 Å². The van der Waals surface area contributed by atoms with Crippen molar-refractivity contribution < 1.29 is 14.3 Å². The fraction of sp³-hybridized carbons (Fsp3) is 0.381. The summed E-state index contributed by atoms with van der Waals surface area (Å²) >= 11 is 0. The summed E-state index contributed by atoms with van der Waals surface area (Å²) in [6, 6.07) is 10.9. The second kappa shape index (κ2) is 8.66. The minimum atomic E-state index is -0.408. The van der Waals surface area contributed by atoms with Crippen molar-refractivity contribution in [1.29, 1.82) is 0 Å². The number of amides is 1. The number of pyridine rings is 1. The van der Waals surface area contributed by atoms with Crippen LogP contribution in [0, 0.1) is 0 Å². The fourth-order valence-electron chi connectivity index (χ4n) is 3.49. The van der Waals surface area contributed by atoms with E-state index in [9.17, 15) is 9.59 Å². The highest BCUT2D eigenvalue weighted by atomic mass is 16.5. The molecule has 1 aromatic heterocycles. The maximum atomic E-state index is 12.6. The summed E-state index contributed by atoms with van der Waals surface area (Å²) in [4.78, 5) is 30.7. The van der Waals surface area contributed by atoms with E-state index in [0.29, 0.717) is 23.0 Å². The van der Waals surface area contributed by atoms with Crippen LogP contribution < -0.4 is 10.2 Å². The van der Waals surface area contributed by atoms with E-state index in [0.717, 1.165) is 18.7 Å². The van der Waals surface area contributed by atoms with Gasteiger partial charge in [-0.2, -0.15) is 0 Å². The molecule has 0 saturated carbocycles. The number of hydrogen-bond donors (Lipinski definition) is 1. The van der Waals surface area contributed by atoms with Gasteiger partial charge >= 0.3 is 5.97 Å². The number of nitrogens with zero attached hydrogens (tertiary/aromatic N) is 2. The molecule has 0 bridgehead atoms. The number of ether oxygens (including phenoxy) is 1. The molecule has 3 rings (SSSR count). The first-order valence-corrected chi connectivity index (χ1v) is 9.34. The molecule has 2 heterocycles. The van der Waals surface area contributed by atoms with Crippen LogP contribution in [0.1, 0.15) is 53.5 Å². The van der Waals surface area contributed by atoms with Crippen molar-refractivity contribution in [2.75, 3.05) is 23.9 Å². The number of rotatable bonds is 5. The molecular weight excluding hydrogens is 342 g/mol. The lowest BCUT2D eigenvalue weighted by Gasteiger charge is -2.37. The Morgan fingerprint density at radius 2 is 2.00 bits per heavy atom. The number of esters is 1. The van der Waals surface area contributed by atoms with Crippen molar-refractivity contribution in [3.63, 3.8) is 0 Å². The summed E-state index contributed by atoms with van der Waals surface area (Å²) in [7, 11) is 1.34. The van der Waals surface area contributed by atoms with Crippen LogP contribution in [0.4, 0.5) is 11.4 Å². The van der Waals surface area contributed by atoms with Gasteiger partial charge in [0.25, 0.3) is 5.91 Å². The third-order valence-corrected chi connectivity index (χ3v) is 4.97. The van der Waals surface area contributed by atoms with Gasteiger partial charge in [0.15, 0.2) is 0 Å². The topological polar surface area (TPSA) is 71.5 Å². The number of anilines is 2. The Kier molecular flexibility index (Phi) is 6.06. The lowest BCUT2D eigenvalue weighted by Crippen LogP contribution is -2.39. The van der Waals surface area contributed by atoms with Gasteiger partial charge in [-0.1, -0.05) is 6.92 Å². The lowest BCUT2D eigenvalue weighted by molar-refractivity contribution is 0.0600. The zero-order valence-corrected chi connectivity index (χ0v) is 15.8. The number of nitrogens with one attached hydrogen (secondary N) is 1. The normalized spacial score (nSPS) is 16.7. The van der Waals surface area contributed by atoms with Crippen molar-refractivity contribution in [3.05, 3.63) is 53.9 Å². The fourth-order valence-corrected chi connectivity index (χ4v) is 3.49. The number of benzene rings is 1. The molecular formula is C21H25N3O3. The number of carbonyl (C=O) groups is 2. The molecule has 0 aliphatic carbocycles. The van der Waals surface area contributed by atoms with Gasteiger partial charge in [-0.3, -0.25) is 9.78 Å². The van der Waals surface area contributed by atoms with E-state index in [1.807, 2.05) is 12.1 Å². The number of methoxy groups -OCH3 is 1. The minimum Gasteiger partial charge on any atom is -0.465 e. The third kappa shape index (κ3) is 4.45. The van der Waals surface area contributed by atoms with Crippen molar-refractivity contribution in [1.82, 2.24) is 4.98 Å². The van der Waals surface area contributed by atoms with Crippen molar-refractivity contribution in [2.24, 2.45) is 0 Å². The number of hydrogen-bond acceptors (Lipinski definition) is 5. The van der Waals surface area contributed by atoms with Gasteiger partial charge in [-0.15, -0.1) is 0 Å². The Balaban J connectivity index is 1.72. The first-order valence-electron chi connectivity index (χ1n) is 9.34. The van der Waals surface area contributed by atoms with E-state index in [4.69, 9.17) is 0 Å². The van der Waals surface area contributed by atoms with Crippen molar-refractivity contribution in [3.8, 4) is 0 Å². The van der Waals surface area contributed by atoms with Crippen LogP contribution in [0.3, 0.4) is 0 Å². The maximum Gasteiger partial charge on any atom is 0.337 e. The molecule has 1 aliphatic rings. The SMILES string of the molecule is CCC1CCCCN1c1ccnc(C(=O)Nc2ccc(C(=O)OC)cc2)c1. The first kappa shape index (κ1) is 18.9. The van der Waals surface area contributed by atoms with E-state index in [1.165, 1.54) is 26.4 Å². The molecule has 2 aromatic rings. The van der Waals surface area contributed by atoms with Crippen LogP contribution in [-0.4, -0.2) is 36.6 Å². The van der Waals surface area contributed by atoms with Crippen LogP contribution in [-0.2, 0) is 4.74 Å². The third-order valence-electron chi connectivity index (χ3n) is 4.97. The molecule has 6 heteroatoms. The van der Waals surface area contributed by atoms with E-state index in [-0.39, 0.29) is 5.91 Å². The standard InChI is InChI=1S/C21H25N3O3/c1-3-17-6-4-5-13-24(17)18-11-12-22-19(14-18)20(25)23-16-9-7-15(8-10-16)21(26)27-2/h7-12,14,17H,3-6,13H2,1-2H3,(H,23,25). The Morgan fingerprint density at radius 1 is 1.22 bits per heavy atom. The zero-order valence-electron chi connectivity index (χ0n) is 15.8. The summed E-state index contributed by atoms with van der Waals surface area (Å²) in [6.45, 7) is 3.22. The van der Waals surface area contributed by atoms with Crippen LogP contribution in [0.2, 0.25) is 0 Å². The predicted molar refractivity (Wildman–Crippen MR) is 105 cm³/mol. The average molecular weight is 367 g/mol. The lowest BCUT2D eigenvalue weighted by atomic mass is 9.99. The molecule has 0 spiro atoms. The minimum absolute atomic E-state index is 0.271. The van der Waals surface area contributed by atoms with Gasteiger partial charge in [0.05, 0.1) is 12.7 Å². The maximum absolute atomic E-state index is 12.6. The number of piperidine rings is 1. The molecule has 6 nitrogen and oxygen atoms in total. The van der Waals surface area contributed by atoms with E-state index < -0.39 is 5.97 Å². The Hall–Kier alpha value is -2.89. The highest BCUT2D eigenvalue weighted by Gasteiger charge is 2.22. The zero-order chi connectivity index (χ0) is 19.2. The summed E-state index contributed by atoms with van der Waals surface area (Å²) in [6.07, 6.45) is 6.40. The van der Waals surface area contributed by atoms with Crippen LogP contribution >= 0.6 is 0 Å². The Morgan fingerprint density at radius 3 is 2.70 bits per heavy atom. The summed E-state index contributed by atoms with van der Waals surface area (Å²) in [5.74, 6) is -0.679. The van der Waals surface area contributed by atoms with Crippen LogP contribution in [0.5, 0.6) is 0 Å². The van der Waals surface area contributed by atoms with Gasteiger partial charge in [0.1, 0.15) is 5.69 Å². The van der Waals surface area contributed by atoms with Gasteiger partial charge < -0.3 is 15.0 Å². The van der Waals surface area contributed by atoms with E-state index >= 15 is 0 Å². The monoisotopic (exact) mass is 367 g/mol. The quantitative estimate of drug-likeness (QED) is 0.812. The molecule has 1 fully saturated rings.